The van der Waals surface area contributed by atoms with E-state index < -0.39 is 0 Å². The summed E-state index contributed by atoms with van der Waals surface area (Å²) < 4.78 is 0. The van der Waals surface area contributed by atoms with E-state index in [2.05, 4.69) is 63.4 Å². The van der Waals surface area contributed by atoms with Gasteiger partial charge in [-0.3, -0.25) is 4.79 Å². The third-order valence-corrected chi connectivity index (χ3v) is 4.90. The van der Waals surface area contributed by atoms with Gasteiger partial charge in [0.1, 0.15) is 17.8 Å². The van der Waals surface area contributed by atoms with Gasteiger partial charge in [-0.2, -0.15) is 0 Å². The molecule has 1 aliphatic heterocycles. The molecule has 3 rings (SSSR count). The minimum atomic E-state index is -0.239. The number of hydrogen-bond acceptors (Lipinski definition) is 6. The Morgan fingerprint density at radius 3 is 2.52 bits per heavy atom. The van der Waals surface area contributed by atoms with E-state index >= 15 is 0 Å². The summed E-state index contributed by atoms with van der Waals surface area (Å²) in [4.78, 5) is 25.5. The molecule has 144 valence electrons. The fourth-order valence-electron chi connectivity index (χ4n) is 2.93. The van der Waals surface area contributed by atoms with Crippen LogP contribution in [0.2, 0.25) is 0 Å². The van der Waals surface area contributed by atoms with E-state index in [-0.39, 0.29) is 11.9 Å². The van der Waals surface area contributed by atoms with Gasteiger partial charge in [-0.1, -0.05) is 6.92 Å². The highest BCUT2D eigenvalue weighted by Gasteiger charge is 2.15. The first-order valence-corrected chi connectivity index (χ1v) is 9.48. The number of likely N-dealkylation sites (N-methyl/N-ethyl adjacent to an activating group) is 1. The summed E-state index contributed by atoms with van der Waals surface area (Å²) in [7, 11) is 2.15. The van der Waals surface area contributed by atoms with E-state index in [0.29, 0.717) is 11.5 Å². The summed E-state index contributed by atoms with van der Waals surface area (Å²) in [5.41, 5.74) is 2.29. The van der Waals surface area contributed by atoms with Crippen molar-refractivity contribution >= 4 is 23.1 Å². The number of nitrogens with one attached hydrogen (secondary N) is 2. The average molecular weight is 368 g/mol. The Kier molecular flexibility index (Phi) is 6.24. The minimum Gasteiger partial charge on any atom is -0.369 e. The lowest BCUT2D eigenvalue weighted by Crippen LogP contribution is -2.44. The fraction of sp³-hybridized carbons (Fsp3) is 0.450. The lowest BCUT2D eigenvalue weighted by Gasteiger charge is -2.34. The Bertz CT molecular complexity index is 755. The molecule has 0 saturated carbocycles. The topological polar surface area (TPSA) is 73.4 Å². The Balaban J connectivity index is 1.61. The Morgan fingerprint density at radius 1 is 1.15 bits per heavy atom. The van der Waals surface area contributed by atoms with Crippen molar-refractivity contribution in [3.05, 3.63) is 42.4 Å². The largest absolute Gasteiger partial charge is 0.369 e. The Hall–Kier alpha value is -2.67. The number of carbonyl (C=O) groups is 1. The predicted octanol–water partition coefficient (Wildman–Crippen LogP) is 2.69. The maximum atomic E-state index is 12.5. The third kappa shape index (κ3) is 5.17. The molecule has 1 aromatic heterocycles. The van der Waals surface area contributed by atoms with Crippen molar-refractivity contribution in [3.8, 4) is 0 Å². The monoisotopic (exact) mass is 368 g/mol. The molecule has 0 bridgehead atoms. The highest BCUT2D eigenvalue weighted by molar-refractivity contribution is 6.03. The highest BCUT2D eigenvalue weighted by Crippen LogP contribution is 2.20. The summed E-state index contributed by atoms with van der Waals surface area (Å²) in [5, 5.41) is 6.16. The van der Waals surface area contributed by atoms with Crippen LogP contribution in [0.1, 0.15) is 30.8 Å². The minimum absolute atomic E-state index is 0.239. The van der Waals surface area contributed by atoms with E-state index in [9.17, 15) is 4.79 Å². The molecule has 1 unspecified atom stereocenters. The zero-order valence-corrected chi connectivity index (χ0v) is 16.3. The van der Waals surface area contributed by atoms with Crippen LogP contribution in [0.4, 0.5) is 17.2 Å². The van der Waals surface area contributed by atoms with Crippen LogP contribution in [0.25, 0.3) is 0 Å². The van der Waals surface area contributed by atoms with Crippen LogP contribution >= 0.6 is 0 Å². The number of aromatic nitrogens is 2. The molecule has 27 heavy (non-hydrogen) atoms. The number of rotatable bonds is 6. The number of hydrogen-bond donors (Lipinski definition) is 2. The van der Waals surface area contributed by atoms with Crippen LogP contribution in [0.3, 0.4) is 0 Å². The number of anilines is 3. The molecule has 2 N–H and O–H groups in total. The molecule has 1 aliphatic rings. The molecule has 1 fully saturated rings. The van der Waals surface area contributed by atoms with Crippen LogP contribution in [-0.4, -0.2) is 60.0 Å². The van der Waals surface area contributed by atoms with Crippen molar-refractivity contribution in [2.45, 2.75) is 26.3 Å². The van der Waals surface area contributed by atoms with Crippen LogP contribution in [0.5, 0.6) is 0 Å². The molecule has 0 spiro atoms. The normalized spacial score (nSPS) is 16.0. The van der Waals surface area contributed by atoms with E-state index in [1.54, 1.807) is 6.07 Å². The number of carbonyl (C=O) groups excluding carboxylic acids is 1. The molecule has 2 aromatic rings. The number of piperazine rings is 1. The standard InChI is InChI=1S/C20H28N6O/c1-4-15(2)23-19-13-18(21-14-22-19)20(27)24-16-5-7-17(8-6-16)26-11-9-25(3)10-12-26/h5-8,13-15H,4,9-12H2,1-3H3,(H,24,27)(H,21,22,23). The van der Waals surface area contributed by atoms with Crippen LogP contribution in [-0.2, 0) is 0 Å². The fourth-order valence-corrected chi connectivity index (χ4v) is 2.93. The van der Waals surface area contributed by atoms with Gasteiger partial charge in [-0.05, 0) is 44.7 Å². The molecule has 1 saturated heterocycles. The maximum Gasteiger partial charge on any atom is 0.274 e. The van der Waals surface area contributed by atoms with E-state index in [1.807, 2.05) is 12.1 Å². The van der Waals surface area contributed by atoms with Gasteiger partial charge in [0.25, 0.3) is 5.91 Å². The second kappa shape index (κ2) is 8.81. The van der Waals surface area contributed by atoms with Crippen molar-refractivity contribution in [3.63, 3.8) is 0 Å². The molecular weight excluding hydrogens is 340 g/mol. The molecular formula is C20H28N6O. The molecule has 7 nitrogen and oxygen atoms in total. The van der Waals surface area contributed by atoms with Crippen molar-refractivity contribution in [2.24, 2.45) is 0 Å². The quantitative estimate of drug-likeness (QED) is 0.817. The molecule has 1 atom stereocenters. The Labute approximate surface area is 160 Å². The van der Waals surface area contributed by atoms with Gasteiger partial charge in [0.05, 0.1) is 0 Å². The van der Waals surface area contributed by atoms with Gasteiger partial charge in [0, 0.05) is 49.7 Å². The summed E-state index contributed by atoms with van der Waals surface area (Å²) in [6, 6.07) is 9.95. The second-order valence-electron chi connectivity index (χ2n) is 7.03. The molecule has 1 amide bonds. The highest BCUT2D eigenvalue weighted by atomic mass is 16.1. The van der Waals surface area contributed by atoms with E-state index in [4.69, 9.17) is 0 Å². The lowest BCUT2D eigenvalue weighted by molar-refractivity contribution is 0.102. The van der Waals surface area contributed by atoms with Crippen LogP contribution in [0.15, 0.2) is 36.7 Å². The SMILES string of the molecule is CCC(C)Nc1cc(C(=O)Nc2ccc(N3CCN(C)CC3)cc2)ncn1. The first-order chi connectivity index (χ1) is 13.0. The van der Waals surface area contributed by atoms with Gasteiger partial charge < -0.3 is 20.4 Å². The van der Waals surface area contributed by atoms with Crippen molar-refractivity contribution in [1.82, 2.24) is 14.9 Å². The molecule has 0 radical (unpaired) electrons. The van der Waals surface area contributed by atoms with Crippen molar-refractivity contribution in [2.75, 3.05) is 48.8 Å². The first-order valence-electron chi connectivity index (χ1n) is 9.48. The van der Waals surface area contributed by atoms with Gasteiger partial charge in [0.2, 0.25) is 0 Å². The first kappa shape index (κ1) is 19.1. The zero-order valence-electron chi connectivity index (χ0n) is 16.3. The van der Waals surface area contributed by atoms with Crippen molar-refractivity contribution < 1.29 is 4.79 Å². The van der Waals surface area contributed by atoms with Gasteiger partial charge in [-0.25, -0.2) is 9.97 Å². The van der Waals surface area contributed by atoms with Gasteiger partial charge >= 0.3 is 0 Å². The molecule has 7 heteroatoms. The van der Waals surface area contributed by atoms with E-state index in [1.165, 1.54) is 12.0 Å². The zero-order chi connectivity index (χ0) is 19.2. The summed E-state index contributed by atoms with van der Waals surface area (Å²) >= 11 is 0. The Morgan fingerprint density at radius 2 is 1.85 bits per heavy atom. The van der Waals surface area contributed by atoms with Crippen molar-refractivity contribution in [1.29, 1.82) is 0 Å². The molecule has 1 aromatic carbocycles. The summed E-state index contributed by atoms with van der Waals surface area (Å²) in [6.07, 6.45) is 2.39. The third-order valence-electron chi connectivity index (χ3n) is 4.90. The number of nitrogens with zero attached hydrogens (tertiary/aromatic N) is 4. The average Bonchev–Trinajstić information content (AvgIpc) is 2.69. The second-order valence-corrected chi connectivity index (χ2v) is 7.03. The predicted molar refractivity (Wildman–Crippen MR) is 110 cm³/mol. The number of benzene rings is 1. The van der Waals surface area contributed by atoms with E-state index in [0.717, 1.165) is 38.3 Å². The number of amides is 1. The molecule has 2 heterocycles. The van der Waals surface area contributed by atoms with Crippen LogP contribution in [0, 0.1) is 0 Å². The maximum absolute atomic E-state index is 12.5. The van der Waals surface area contributed by atoms with Crippen LogP contribution < -0.4 is 15.5 Å². The summed E-state index contributed by atoms with van der Waals surface area (Å²) in [5.74, 6) is 0.423. The van der Waals surface area contributed by atoms with Gasteiger partial charge in [0.15, 0.2) is 0 Å². The lowest BCUT2D eigenvalue weighted by atomic mass is 10.2. The smallest absolute Gasteiger partial charge is 0.274 e. The summed E-state index contributed by atoms with van der Waals surface area (Å²) in [6.45, 7) is 8.35. The molecule has 0 aliphatic carbocycles. The van der Waals surface area contributed by atoms with Gasteiger partial charge in [-0.15, -0.1) is 0 Å².